The van der Waals surface area contributed by atoms with Crippen molar-refractivity contribution >= 4 is 22.6 Å². The zero-order valence-electron chi connectivity index (χ0n) is 24.9. The van der Waals surface area contributed by atoms with Crippen molar-refractivity contribution in [2.45, 2.75) is 51.0 Å². The Bertz CT molecular complexity index is 1810. The van der Waals surface area contributed by atoms with Gasteiger partial charge in [-0.1, -0.05) is 23.7 Å². The predicted molar refractivity (Wildman–Crippen MR) is 167 cm³/mol. The number of methoxy groups -OCH3 is 1. The van der Waals surface area contributed by atoms with Crippen molar-refractivity contribution in [3.05, 3.63) is 89.0 Å². The lowest BCUT2D eigenvalue weighted by Gasteiger charge is -2.32. The molecule has 12 heteroatoms. The number of hydrogen-bond acceptors (Lipinski definition) is 9. The number of pyridine rings is 2. The van der Waals surface area contributed by atoms with Crippen molar-refractivity contribution in [2.24, 2.45) is 0 Å². The second-order valence-corrected chi connectivity index (χ2v) is 11.8. The first-order valence-corrected chi connectivity index (χ1v) is 15.5. The standard InChI is InChI=1S/C33H33ClFN7O3/c1-43-33-18-36-16-29(40-33)27-15-28-30(17-37-27)42(19-25-9-12-44-25)31(39-28)20-41-10-7-24(8-11-41)45-32-4-2-3-23(38-32)13-21-5-6-22(34)14-26(21)35/h2-6,14-18,24-25H,7-13,19-20H2,1H3/t25-/m0/s1. The van der Waals surface area contributed by atoms with Crippen LogP contribution >= 0.6 is 11.6 Å². The molecule has 0 spiro atoms. The zero-order valence-corrected chi connectivity index (χ0v) is 25.7. The van der Waals surface area contributed by atoms with Gasteiger partial charge in [0.2, 0.25) is 11.8 Å². The van der Waals surface area contributed by atoms with Gasteiger partial charge in [0.05, 0.1) is 61.6 Å². The molecule has 0 radical (unpaired) electrons. The smallest absolute Gasteiger partial charge is 0.232 e. The molecule has 0 N–H and O–H groups in total. The van der Waals surface area contributed by atoms with E-state index in [1.807, 2.05) is 30.5 Å². The summed E-state index contributed by atoms with van der Waals surface area (Å²) in [5, 5.41) is 0.378. The van der Waals surface area contributed by atoms with Gasteiger partial charge in [0.25, 0.3) is 0 Å². The van der Waals surface area contributed by atoms with Crippen LogP contribution in [0.15, 0.2) is 61.1 Å². The molecule has 2 fully saturated rings. The Morgan fingerprint density at radius 1 is 0.978 bits per heavy atom. The number of benzene rings is 1. The van der Waals surface area contributed by atoms with Crippen LogP contribution in [0, 0.1) is 5.82 Å². The summed E-state index contributed by atoms with van der Waals surface area (Å²) in [7, 11) is 1.57. The van der Waals surface area contributed by atoms with Gasteiger partial charge in [-0.25, -0.2) is 19.3 Å². The fourth-order valence-corrected chi connectivity index (χ4v) is 5.94. The van der Waals surface area contributed by atoms with Crippen molar-refractivity contribution in [3.63, 3.8) is 0 Å². The molecule has 4 aromatic heterocycles. The monoisotopic (exact) mass is 629 g/mol. The summed E-state index contributed by atoms with van der Waals surface area (Å²) >= 11 is 5.90. The lowest BCUT2D eigenvalue weighted by molar-refractivity contribution is -0.0592. The average molecular weight is 630 g/mol. The van der Waals surface area contributed by atoms with Crippen LogP contribution in [-0.4, -0.2) is 73.4 Å². The Morgan fingerprint density at radius 2 is 1.84 bits per heavy atom. The average Bonchev–Trinajstić information content (AvgIpc) is 3.37. The summed E-state index contributed by atoms with van der Waals surface area (Å²) in [6, 6.07) is 12.3. The number of aromatic nitrogens is 6. The van der Waals surface area contributed by atoms with Gasteiger partial charge in [0.15, 0.2) is 0 Å². The van der Waals surface area contributed by atoms with E-state index in [1.165, 1.54) is 6.07 Å². The molecule has 7 rings (SSSR count). The van der Waals surface area contributed by atoms with Crippen LogP contribution in [0.3, 0.4) is 0 Å². The fraction of sp³-hybridized carbons (Fsp3) is 0.364. The third-order valence-electron chi connectivity index (χ3n) is 8.33. The molecule has 5 aromatic rings. The number of piperidine rings is 1. The number of imidazole rings is 1. The number of hydrogen-bond donors (Lipinski definition) is 0. The maximum atomic E-state index is 14.3. The third kappa shape index (κ3) is 6.75. The Labute approximate surface area is 265 Å². The molecule has 0 amide bonds. The largest absolute Gasteiger partial charge is 0.480 e. The van der Waals surface area contributed by atoms with E-state index < -0.39 is 0 Å². The SMILES string of the molecule is COc1cncc(-c2cc3nc(CN4CCC(Oc5cccc(Cc6ccc(Cl)cc6F)n5)CC4)n(C[C@@H]4CCO4)c3cn2)n1. The number of ether oxygens (including phenoxy) is 3. The predicted octanol–water partition coefficient (Wildman–Crippen LogP) is 5.51. The normalized spacial score (nSPS) is 17.4. The van der Waals surface area contributed by atoms with Gasteiger partial charge in [-0.2, -0.15) is 0 Å². The van der Waals surface area contributed by atoms with Gasteiger partial charge >= 0.3 is 0 Å². The van der Waals surface area contributed by atoms with Gasteiger partial charge in [-0.15, -0.1) is 0 Å². The lowest BCUT2D eigenvalue weighted by atomic mass is 10.1. The molecule has 10 nitrogen and oxygen atoms in total. The van der Waals surface area contributed by atoms with E-state index in [4.69, 9.17) is 35.8 Å². The van der Waals surface area contributed by atoms with E-state index in [1.54, 1.807) is 31.6 Å². The molecule has 0 bridgehead atoms. The lowest BCUT2D eigenvalue weighted by Crippen LogP contribution is -2.39. The van der Waals surface area contributed by atoms with Crippen LogP contribution < -0.4 is 9.47 Å². The quantitative estimate of drug-likeness (QED) is 0.198. The minimum absolute atomic E-state index is 0.0502. The summed E-state index contributed by atoms with van der Waals surface area (Å²) in [5.41, 5.74) is 4.46. The molecule has 0 aliphatic carbocycles. The maximum absolute atomic E-state index is 14.3. The van der Waals surface area contributed by atoms with E-state index >= 15 is 0 Å². The van der Waals surface area contributed by atoms with Crippen LogP contribution in [0.1, 0.15) is 36.3 Å². The molecule has 1 atom stereocenters. The first kappa shape index (κ1) is 29.5. The minimum Gasteiger partial charge on any atom is -0.480 e. The second-order valence-electron chi connectivity index (χ2n) is 11.4. The van der Waals surface area contributed by atoms with Crippen molar-refractivity contribution in [2.75, 3.05) is 26.8 Å². The molecule has 0 unspecified atom stereocenters. The van der Waals surface area contributed by atoms with Crippen LogP contribution in [0.4, 0.5) is 4.39 Å². The van der Waals surface area contributed by atoms with E-state index in [-0.39, 0.29) is 18.0 Å². The van der Waals surface area contributed by atoms with Gasteiger partial charge in [-0.05, 0) is 49.1 Å². The highest BCUT2D eigenvalue weighted by Crippen LogP contribution is 2.27. The zero-order chi connectivity index (χ0) is 30.8. The summed E-state index contributed by atoms with van der Waals surface area (Å²) in [4.78, 5) is 25.5. The van der Waals surface area contributed by atoms with Crippen molar-refractivity contribution < 1.29 is 18.6 Å². The molecule has 2 aliphatic rings. The molecular weight excluding hydrogens is 597 g/mol. The first-order valence-electron chi connectivity index (χ1n) is 15.1. The number of fused-ring (bicyclic) bond motifs is 1. The highest BCUT2D eigenvalue weighted by atomic mass is 35.5. The summed E-state index contributed by atoms with van der Waals surface area (Å²) in [6.45, 7) is 3.99. The van der Waals surface area contributed by atoms with Crippen LogP contribution in [0.25, 0.3) is 22.4 Å². The molecule has 6 heterocycles. The molecule has 1 aromatic carbocycles. The Morgan fingerprint density at radius 3 is 2.62 bits per heavy atom. The van der Waals surface area contributed by atoms with Crippen LogP contribution in [0.2, 0.25) is 5.02 Å². The molecule has 2 aliphatic heterocycles. The van der Waals surface area contributed by atoms with Crippen LogP contribution in [-0.2, 0) is 24.2 Å². The maximum Gasteiger partial charge on any atom is 0.232 e. The van der Waals surface area contributed by atoms with E-state index in [0.717, 1.165) is 68.1 Å². The highest BCUT2D eigenvalue weighted by Gasteiger charge is 2.26. The van der Waals surface area contributed by atoms with Gasteiger partial charge < -0.3 is 18.8 Å². The van der Waals surface area contributed by atoms with E-state index in [2.05, 4.69) is 24.4 Å². The first-order chi connectivity index (χ1) is 22.0. The molecule has 232 valence electrons. The van der Waals surface area contributed by atoms with Crippen molar-refractivity contribution in [1.82, 2.24) is 34.4 Å². The molecule has 45 heavy (non-hydrogen) atoms. The minimum atomic E-state index is -0.334. The Hall–Kier alpha value is -4.19. The van der Waals surface area contributed by atoms with E-state index in [0.29, 0.717) is 46.7 Å². The van der Waals surface area contributed by atoms with Crippen molar-refractivity contribution in [1.29, 1.82) is 0 Å². The number of rotatable bonds is 10. The second kappa shape index (κ2) is 13.0. The topological polar surface area (TPSA) is 100 Å². The van der Waals surface area contributed by atoms with Gasteiger partial charge in [0, 0.05) is 42.9 Å². The summed E-state index contributed by atoms with van der Waals surface area (Å²) < 4.78 is 33.9. The molecular formula is C33H33ClFN7O3. The Kier molecular flexibility index (Phi) is 8.55. The summed E-state index contributed by atoms with van der Waals surface area (Å²) in [5.74, 6) is 1.65. The fourth-order valence-electron chi connectivity index (χ4n) is 5.78. The van der Waals surface area contributed by atoms with Gasteiger partial charge in [-0.3, -0.25) is 14.9 Å². The molecule has 0 saturated carbocycles. The van der Waals surface area contributed by atoms with Crippen molar-refractivity contribution in [3.8, 4) is 23.1 Å². The van der Waals surface area contributed by atoms with Gasteiger partial charge in [0.1, 0.15) is 23.4 Å². The van der Waals surface area contributed by atoms with Crippen LogP contribution in [0.5, 0.6) is 11.8 Å². The third-order valence-corrected chi connectivity index (χ3v) is 8.57. The van der Waals surface area contributed by atoms with E-state index in [9.17, 15) is 4.39 Å². The molecule has 2 saturated heterocycles. The summed E-state index contributed by atoms with van der Waals surface area (Å²) in [6.07, 6.45) is 8.48. The Balaban J connectivity index is 1.02. The number of likely N-dealkylation sites (tertiary alicyclic amines) is 1. The number of halogens is 2. The number of nitrogens with zero attached hydrogens (tertiary/aromatic N) is 7. The highest BCUT2D eigenvalue weighted by molar-refractivity contribution is 6.30.